The summed E-state index contributed by atoms with van der Waals surface area (Å²) < 4.78 is 4.75. The lowest BCUT2D eigenvalue weighted by molar-refractivity contribution is -0.137. The minimum absolute atomic E-state index is 0.0616. The van der Waals surface area contributed by atoms with Crippen LogP contribution in [0.5, 0.6) is 0 Å². The van der Waals surface area contributed by atoms with Gasteiger partial charge in [-0.15, -0.1) is 11.3 Å². The molecule has 124 valence electrons. The van der Waals surface area contributed by atoms with Crippen LogP contribution in [0.15, 0.2) is 57.0 Å². The van der Waals surface area contributed by atoms with Crippen LogP contribution >= 0.6 is 22.9 Å². The highest BCUT2D eigenvalue weighted by Crippen LogP contribution is 2.29. The first-order chi connectivity index (χ1) is 11.6. The molecule has 7 heteroatoms. The van der Waals surface area contributed by atoms with Gasteiger partial charge in [0.1, 0.15) is 5.57 Å². The molecule has 1 aliphatic heterocycles. The van der Waals surface area contributed by atoms with Crippen LogP contribution in [0.2, 0.25) is 0 Å². The first-order valence-electron chi connectivity index (χ1n) is 7.37. The molecular formula is C17H15ClN2O3S. The van der Waals surface area contributed by atoms with Crippen molar-refractivity contribution in [3.8, 4) is 0 Å². The topological polar surface area (TPSA) is 67.8 Å². The fourth-order valence-corrected chi connectivity index (χ4v) is 3.52. The monoisotopic (exact) mass is 362 g/mol. The fourth-order valence-electron chi connectivity index (χ4n) is 2.62. The molecule has 2 aliphatic rings. The molecule has 0 fully saturated rings. The molecule has 0 saturated heterocycles. The Kier molecular flexibility index (Phi) is 4.97. The van der Waals surface area contributed by atoms with E-state index >= 15 is 0 Å². The number of dihydropyridines is 1. The van der Waals surface area contributed by atoms with Gasteiger partial charge in [0.2, 0.25) is 0 Å². The van der Waals surface area contributed by atoms with Gasteiger partial charge >= 0.3 is 5.97 Å². The number of esters is 1. The summed E-state index contributed by atoms with van der Waals surface area (Å²) in [5.41, 5.74) is 1.00. The van der Waals surface area contributed by atoms with Crippen LogP contribution < -0.4 is 5.32 Å². The third-order valence-electron chi connectivity index (χ3n) is 3.74. The number of amides is 1. The first kappa shape index (κ1) is 16.7. The number of rotatable bonds is 5. The van der Waals surface area contributed by atoms with Crippen molar-refractivity contribution >= 4 is 40.5 Å². The number of halogens is 1. The molecule has 2 heterocycles. The Balaban J connectivity index is 1.89. The van der Waals surface area contributed by atoms with Crippen molar-refractivity contribution in [3.05, 3.63) is 56.9 Å². The van der Waals surface area contributed by atoms with E-state index in [1.165, 1.54) is 12.0 Å². The van der Waals surface area contributed by atoms with Crippen molar-refractivity contribution in [2.75, 3.05) is 13.7 Å². The van der Waals surface area contributed by atoms with Crippen LogP contribution in [0.4, 0.5) is 0 Å². The summed E-state index contributed by atoms with van der Waals surface area (Å²) in [5, 5.41) is 5.77. The van der Waals surface area contributed by atoms with Gasteiger partial charge in [0.05, 0.1) is 18.7 Å². The maximum atomic E-state index is 12.3. The van der Waals surface area contributed by atoms with Gasteiger partial charge in [-0.05, 0) is 30.0 Å². The molecule has 1 N–H and O–H groups in total. The van der Waals surface area contributed by atoms with Crippen molar-refractivity contribution < 1.29 is 14.3 Å². The zero-order chi connectivity index (χ0) is 17.1. The van der Waals surface area contributed by atoms with Crippen LogP contribution in [0.25, 0.3) is 0 Å². The van der Waals surface area contributed by atoms with Gasteiger partial charge in [-0.1, -0.05) is 23.7 Å². The van der Waals surface area contributed by atoms with Gasteiger partial charge in [0, 0.05) is 22.2 Å². The van der Waals surface area contributed by atoms with Crippen molar-refractivity contribution in [1.29, 1.82) is 0 Å². The van der Waals surface area contributed by atoms with Crippen LogP contribution in [-0.4, -0.2) is 31.2 Å². The number of nitrogens with zero attached hydrogens (tertiary/aromatic N) is 1. The zero-order valence-electron chi connectivity index (χ0n) is 12.9. The van der Waals surface area contributed by atoms with Crippen molar-refractivity contribution in [2.45, 2.75) is 6.42 Å². The smallest absolute Gasteiger partial charge is 0.345 e. The average molecular weight is 363 g/mol. The summed E-state index contributed by atoms with van der Waals surface area (Å²) in [6.45, 7) is 0.586. The molecule has 24 heavy (non-hydrogen) atoms. The van der Waals surface area contributed by atoms with Gasteiger partial charge in [0.15, 0.2) is 0 Å². The largest absolute Gasteiger partial charge is 0.465 e. The van der Waals surface area contributed by atoms with Gasteiger partial charge in [-0.3, -0.25) is 4.79 Å². The minimum atomic E-state index is -0.694. The van der Waals surface area contributed by atoms with E-state index in [1.54, 1.807) is 29.6 Å². The molecule has 1 aromatic rings. The van der Waals surface area contributed by atoms with Gasteiger partial charge in [-0.25, -0.2) is 9.79 Å². The van der Waals surface area contributed by atoms with Crippen molar-refractivity contribution in [1.82, 2.24) is 5.32 Å². The third kappa shape index (κ3) is 3.34. The van der Waals surface area contributed by atoms with E-state index in [-0.39, 0.29) is 11.5 Å². The number of carbonyl (C=O) groups is 2. The Morgan fingerprint density at radius 1 is 1.46 bits per heavy atom. The van der Waals surface area contributed by atoms with E-state index in [2.05, 4.69) is 10.3 Å². The second-order valence-electron chi connectivity index (χ2n) is 5.24. The molecule has 3 rings (SSSR count). The van der Waals surface area contributed by atoms with E-state index < -0.39 is 11.9 Å². The molecule has 0 saturated carbocycles. The van der Waals surface area contributed by atoms with Crippen LogP contribution in [0.1, 0.15) is 4.88 Å². The second-order valence-corrected chi connectivity index (χ2v) is 6.71. The van der Waals surface area contributed by atoms with E-state index in [0.717, 1.165) is 6.42 Å². The van der Waals surface area contributed by atoms with Crippen molar-refractivity contribution in [3.63, 3.8) is 0 Å². The number of hydrogen-bond acceptors (Lipinski definition) is 5. The Morgan fingerprint density at radius 2 is 2.29 bits per heavy atom. The highest BCUT2D eigenvalue weighted by Gasteiger charge is 2.35. The molecule has 0 spiro atoms. The summed E-state index contributed by atoms with van der Waals surface area (Å²) in [7, 11) is 1.24. The van der Waals surface area contributed by atoms with Gasteiger partial charge in [-0.2, -0.15) is 0 Å². The Hall–Kier alpha value is -2.18. The molecule has 1 unspecified atom stereocenters. The number of allylic oxidation sites excluding steroid dienone is 4. The van der Waals surface area contributed by atoms with E-state index in [9.17, 15) is 9.59 Å². The van der Waals surface area contributed by atoms with Crippen molar-refractivity contribution in [2.24, 2.45) is 10.9 Å². The first-order valence-corrected chi connectivity index (χ1v) is 8.63. The maximum absolute atomic E-state index is 12.3. The highest BCUT2D eigenvalue weighted by molar-refractivity contribution is 7.09. The summed E-state index contributed by atoms with van der Waals surface area (Å²) in [4.78, 5) is 29.5. The third-order valence-corrected chi connectivity index (χ3v) is 4.93. The summed E-state index contributed by atoms with van der Waals surface area (Å²) >= 11 is 7.75. The SMILES string of the molecule is COC(=O)C1=C(NCCc2cccs2)C2C=C(Cl)C=CC2=NC1=O. The minimum Gasteiger partial charge on any atom is -0.465 e. The Labute approximate surface area is 148 Å². The number of carbonyl (C=O) groups excluding carboxylic acids is 2. The number of nitrogens with one attached hydrogen (secondary N) is 1. The highest BCUT2D eigenvalue weighted by atomic mass is 35.5. The van der Waals surface area contributed by atoms with Gasteiger partial charge in [0.25, 0.3) is 5.91 Å². The number of aliphatic imine (C=N–C) groups is 1. The molecule has 0 radical (unpaired) electrons. The number of thiophene rings is 1. The second kappa shape index (κ2) is 7.15. The summed E-state index contributed by atoms with van der Waals surface area (Å²) in [6, 6.07) is 4.03. The number of ether oxygens (including phenoxy) is 1. The summed E-state index contributed by atoms with van der Waals surface area (Å²) in [6.07, 6.45) is 5.93. The lowest BCUT2D eigenvalue weighted by atomic mass is 9.89. The molecule has 5 nitrogen and oxygen atoms in total. The molecule has 0 aromatic carbocycles. The Morgan fingerprint density at radius 3 is 3.00 bits per heavy atom. The molecule has 1 aliphatic carbocycles. The quantitative estimate of drug-likeness (QED) is 0.645. The number of methoxy groups -OCH3 is 1. The normalized spacial score (nSPS) is 19.6. The van der Waals surface area contributed by atoms with Gasteiger partial charge < -0.3 is 10.1 Å². The molecule has 0 bridgehead atoms. The van der Waals surface area contributed by atoms with Crippen LogP contribution in [-0.2, 0) is 20.7 Å². The molecule has 1 atom stereocenters. The predicted octanol–water partition coefficient (Wildman–Crippen LogP) is 2.60. The summed E-state index contributed by atoms with van der Waals surface area (Å²) in [5.74, 6) is -1.64. The zero-order valence-corrected chi connectivity index (χ0v) is 14.5. The molecule has 1 aromatic heterocycles. The average Bonchev–Trinajstić information content (AvgIpc) is 3.08. The predicted molar refractivity (Wildman–Crippen MR) is 94.1 cm³/mol. The number of hydrogen-bond donors (Lipinski definition) is 1. The van der Waals surface area contributed by atoms with E-state index in [0.29, 0.717) is 23.0 Å². The number of fused-ring (bicyclic) bond motifs is 1. The van der Waals surface area contributed by atoms with Crippen LogP contribution in [0, 0.1) is 5.92 Å². The maximum Gasteiger partial charge on any atom is 0.345 e. The lowest BCUT2D eigenvalue weighted by Gasteiger charge is -2.26. The Bertz CT molecular complexity index is 791. The van der Waals surface area contributed by atoms with E-state index in [1.807, 2.05) is 17.5 Å². The van der Waals surface area contributed by atoms with Crippen LogP contribution in [0.3, 0.4) is 0 Å². The lowest BCUT2D eigenvalue weighted by Crippen LogP contribution is -2.36. The van der Waals surface area contributed by atoms with E-state index in [4.69, 9.17) is 16.3 Å². The standard InChI is InChI=1S/C17H15ClN2O3S/c1-23-17(22)14-15(19-7-6-11-3-2-8-24-11)12-9-10(18)4-5-13(12)20-16(14)21/h2-5,8-9,12,19H,6-7H2,1H3. The fraction of sp³-hybridized carbons (Fsp3) is 0.235. The molecule has 1 amide bonds. The molecular weight excluding hydrogens is 348 g/mol.